The van der Waals surface area contributed by atoms with Crippen LogP contribution in [0.2, 0.25) is 0 Å². The first-order valence-electron chi connectivity index (χ1n) is 7.41. The molecule has 2 unspecified atom stereocenters. The smallest absolute Gasteiger partial charge is 0.0561 e. The Morgan fingerprint density at radius 1 is 1.47 bits per heavy atom. The van der Waals surface area contributed by atoms with Crippen molar-refractivity contribution in [2.75, 3.05) is 20.6 Å². The number of thiophene rings is 1. The second-order valence-corrected chi connectivity index (χ2v) is 7.84. The van der Waals surface area contributed by atoms with E-state index in [2.05, 4.69) is 55.7 Å². The summed E-state index contributed by atoms with van der Waals surface area (Å²) in [6.45, 7) is 5.88. The molecule has 1 saturated carbocycles. The fourth-order valence-corrected chi connectivity index (χ4v) is 4.09. The van der Waals surface area contributed by atoms with Gasteiger partial charge in [-0.1, -0.05) is 26.3 Å². The maximum Gasteiger partial charge on any atom is 0.0561 e. The highest BCUT2D eigenvalue weighted by atomic mass is 32.1. The summed E-state index contributed by atoms with van der Waals surface area (Å²) < 4.78 is 0. The van der Waals surface area contributed by atoms with E-state index in [4.69, 9.17) is 0 Å². The van der Waals surface area contributed by atoms with Gasteiger partial charge in [-0.25, -0.2) is 0 Å². The molecule has 0 aliphatic heterocycles. The fraction of sp³-hybridized carbons (Fsp3) is 0.750. The number of nitrogens with one attached hydrogen (secondary N) is 1. The van der Waals surface area contributed by atoms with E-state index in [1.54, 1.807) is 0 Å². The van der Waals surface area contributed by atoms with Gasteiger partial charge in [-0.05, 0) is 50.2 Å². The van der Waals surface area contributed by atoms with Gasteiger partial charge in [0.05, 0.1) is 6.04 Å². The van der Waals surface area contributed by atoms with Gasteiger partial charge in [0.1, 0.15) is 0 Å². The molecule has 1 aliphatic rings. The highest BCUT2D eigenvalue weighted by molar-refractivity contribution is 7.10. The summed E-state index contributed by atoms with van der Waals surface area (Å²) >= 11 is 1.86. The molecule has 0 radical (unpaired) electrons. The van der Waals surface area contributed by atoms with Gasteiger partial charge in [0.2, 0.25) is 0 Å². The van der Waals surface area contributed by atoms with Crippen molar-refractivity contribution < 1.29 is 0 Å². The molecule has 3 heteroatoms. The van der Waals surface area contributed by atoms with Gasteiger partial charge in [-0.3, -0.25) is 0 Å². The molecule has 2 rings (SSSR count). The predicted octanol–water partition coefficient (Wildman–Crippen LogP) is 3.91. The molecule has 0 aromatic carbocycles. The number of nitrogens with zero attached hydrogens (tertiary/aromatic N) is 1. The standard InChI is InChI=1S/C16H28N2S/c1-16(2)9-5-7-13(11-16)17-12-14(18(3)4)15-8-6-10-19-15/h6,8,10,13-14,17H,5,7,9,11-12H2,1-4H3. The van der Waals surface area contributed by atoms with Crippen LogP contribution in [0.15, 0.2) is 17.5 Å². The van der Waals surface area contributed by atoms with Crippen molar-refractivity contribution in [2.45, 2.75) is 51.6 Å². The molecule has 0 spiro atoms. The monoisotopic (exact) mass is 280 g/mol. The number of likely N-dealkylation sites (N-methyl/N-ethyl adjacent to an activating group) is 1. The zero-order valence-corrected chi connectivity index (χ0v) is 13.6. The maximum atomic E-state index is 3.81. The average molecular weight is 280 g/mol. The lowest BCUT2D eigenvalue weighted by Crippen LogP contribution is -2.41. The lowest BCUT2D eigenvalue weighted by Gasteiger charge is -2.37. The van der Waals surface area contributed by atoms with Crippen molar-refractivity contribution in [2.24, 2.45) is 5.41 Å². The van der Waals surface area contributed by atoms with Crippen LogP contribution in [-0.2, 0) is 0 Å². The first-order chi connectivity index (χ1) is 8.98. The van der Waals surface area contributed by atoms with Crippen LogP contribution >= 0.6 is 11.3 Å². The second-order valence-electron chi connectivity index (χ2n) is 6.86. The van der Waals surface area contributed by atoms with Crippen LogP contribution < -0.4 is 5.32 Å². The lowest BCUT2D eigenvalue weighted by atomic mass is 9.75. The Balaban J connectivity index is 1.89. The summed E-state index contributed by atoms with van der Waals surface area (Å²) in [6, 6.07) is 5.61. The van der Waals surface area contributed by atoms with E-state index in [9.17, 15) is 0 Å². The normalized spacial score (nSPS) is 24.6. The Morgan fingerprint density at radius 2 is 2.26 bits per heavy atom. The largest absolute Gasteiger partial charge is 0.312 e. The molecule has 2 nitrogen and oxygen atoms in total. The SMILES string of the molecule is CN(C)C(CNC1CCCC(C)(C)C1)c1cccs1. The van der Waals surface area contributed by atoms with Crippen molar-refractivity contribution in [1.29, 1.82) is 0 Å². The van der Waals surface area contributed by atoms with Crippen molar-refractivity contribution in [3.8, 4) is 0 Å². The van der Waals surface area contributed by atoms with Gasteiger partial charge in [-0.15, -0.1) is 11.3 Å². The summed E-state index contributed by atoms with van der Waals surface area (Å²) in [4.78, 5) is 3.79. The van der Waals surface area contributed by atoms with E-state index in [0.717, 1.165) is 6.54 Å². The van der Waals surface area contributed by atoms with Crippen LogP contribution in [0.1, 0.15) is 50.4 Å². The zero-order valence-electron chi connectivity index (χ0n) is 12.8. The van der Waals surface area contributed by atoms with Gasteiger partial charge < -0.3 is 10.2 Å². The van der Waals surface area contributed by atoms with Crippen LogP contribution in [0, 0.1) is 5.41 Å². The molecule has 2 atom stereocenters. The molecule has 19 heavy (non-hydrogen) atoms. The third-order valence-electron chi connectivity index (χ3n) is 4.30. The van der Waals surface area contributed by atoms with Gasteiger partial charge in [-0.2, -0.15) is 0 Å². The van der Waals surface area contributed by atoms with Crippen LogP contribution in [0.3, 0.4) is 0 Å². The Hall–Kier alpha value is -0.380. The van der Waals surface area contributed by atoms with Gasteiger partial charge in [0.25, 0.3) is 0 Å². The molecule has 0 bridgehead atoms. The molecule has 1 N–H and O–H groups in total. The van der Waals surface area contributed by atoms with Crippen molar-refractivity contribution >= 4 is 11.3 Å². The minimum Gasteiger partial charge on any atom is -0.312 e. The minimum absolute atomic E-state index is 0.505. The van der Waals surface area contributed by atoms with Gasteiger partial charge in [0.15, 0.2) is 0 Å². The highest BCUT2D eigenvalue weighted by Crippen LogP contribution is 2.35. The summed E-state index contributed by atoms with van der Waals surface area (Å²) in [5, 5.41) is 5.99. The van der Waals surface area contributed by atoms with E-state index in [1.165, 1.54) is 30.6 Å². The molecule has 0 amide bonds. The fourth-order valence-electron chi connectivity index (χ4n) is 3.17. The molecule has 1 aromatic heterocycles. The number of hydrogen-bond acceptors (Lipinski definition) is 3. The highest BCUT2D eigenvalue weighted by Gasteiger charge is 2.28. The van der Waals surface area contributed by atoms with Crippen LogP contribution in [-0.4, -0.2) is 31.6 Å². The topological polar surface area (TPSA) is 15.3 Å². The van der Waals surface area contributed by atoms with Crippen LogP contribution in [0.5, 0.6) is 0 Å². The molecule has 0 saturated heterocycles. The van der Waals surface area contributed by atoms with Crippen molar-refractivity contribution in [3.05, 3.63) is 22.4 Å². The molecular weight excluding hydrogens is 252 g/mol. The second kappa shape index (κ2) is 6.38. The van der Waals surface area contributed by atoms with Crippen molar-refractivity contribution in [1.82, 2.24) is 10.2 Å². The van der Waals surface area contributed by atoms with Crippen LogP contribution in [0.25, 0.3) is 0 Å². The quantitative estimate of drug-likeness (QED) is 0.879. The molecule has 1 aromatic rings. The predicted molar refractivity (Wildman–Crippen MR) is 84.8 cm³/mol. The van der Waals surface area contributed by atoms with E-state index in [1.807, 2.05) is 11.3 Å². The summed E-state index contributed by atoms with van der Waals surface area (Å²) in [6.07, 6.45) is 5.41. The Kier molecular flexibility index (Phi) is 5.04. The summed E-state index contributed by atoms with van der Waals surface area (Å²) in [5.74, 6) is 0. The first-order valence-corrected chi connectivity index (χ1v) is 8.29. The van der Waals surface area contributed by atoms with Crippen LogP contribution in [0.4, 0.5) is 0 Å². The minimum atomic E-state index is 0.505. The number of hydrogen-bond donors (Lipinski definition) is 1. The van der Waals surface area contributed by atoms with E-state index in [-0.39, 0.29) is 0 Å². The zero-order chi connectivity index (χ0) is 13.9. The summed E-state index contributed by atoms with van der Waals surface area (Å²) in [5.41, 5.74) is 0.520. The molecule has 1 heterocycles. The van der Waals surface area contributed by atoms with E-state index < -0.39 is 0 Å². The Bertz CT molecular complexity index is 370. The Morgan fingerprint density at radius 3 is 2.84 bits per heavy atom. The van der Waals surface area contributed by atoms with Crippen molar-refractivity contribution in [3.63, 3.8) is 0 Å². The Labute approximate surface area is 122 Å². The van der Waals surface area contributed by atoms with E-state index >= 15 is 0 Å². The third-order valence-corrected chi connectivity index (χ3v) is 5.27. The molecule has 1 aliphatic carbocycles. The molecular formula is C16H28N2S. The molecule has 1 fully saturated rings. The summed E-state index contributed by atoms with van der Waals surface area (Å²) in [7, 11) is 4.35. The molecule has 108 valence electrons. The van der Waals surface area contributed by atoms with Gasteiger partial charge in [0, 0.05) is 17.5 Å². The van der Waals surface area contributed by atoms with Gasteiger partial charge >= 0.3 is 0 Å². The lowest BCUT2D eigenvalue weighted by molar-refractivity contribution is 0.187. The maximum absolute atomic E-state index is 3.81. The van der Waals surface area contributed by atoms with E-state index in [0.29, 0.717) is 17.5 Å². The number of rotatable bonds is 5. The first kappa shape index (κ1) is 15.0. The third kappa shape index (κ3) is 4.30. The average Bonchev–Trinajstić information content (AvgIpc) is 2.81.